The lowest BCUT2D eigenvalue weighted by atomic mass is 9.71. The van der Waals surface area contributed by atoms with E-state index in [1.54, 1.807) is 11.2 Å². The van der Waals surface area contributed by atoms with Crippen LogP contribution in [0.3, 0.4) is 0 Å². The highest BCUT2D eigenvalue weighted by molar-refractivity contribution is 5.87. The van der Waals surface area contributed by atoms with Crippen molar-refractivity contribution in [1.29, 1.82) is 0 Å². The number of hydrogen-bond donors (Lipinski definition) is 0. The summed E-state index contributed by atoms with van der Waals surface area (Å²) < 4.78 is 7.45. The molecule has 30 heavy (non-hydrogen) atoms. The highest BCUT2D eigenvalue weighted by atomic mass is 16.5. The molecule has 0 aliphatic carbocycles. The second-order valence-corrected chi connectivity index (χ2v) is 9.50. The number of carbonyl (C=O) groups excluding carboxylic acids is 2. The average Bonchev–Trinajstić information content (AvgIpc) is 3.46. The van der Waals surface area contributed by atoms with E-state index in [9.17, 15) is 9.59 Å². The predicted octanol–water partition coefficient (Wildman–Crippen LogP) is 2.40. The maximum Gasteiger partial charge on any atom is 0.231 e. The smallest absolute Gasteiger partial charge is 0.231 e. The van der Waals surface area contributed by atoms with Crippen molar-refractivity contribution in [3.8, 4) is 0 Å². The van der Waals surface area contributed by atoms with Crippen LogP contribution in [0.25, 0.3) is 0 Å². The largest absolute Gasteiger partial charge is 0.381 e. The number of hydrogen-bond acceptors (Lipinski definition) is 5. The first kappa shape index (κ1) is 21.3. The van der Waals surface area contributed by atoms with Crippen molar-refractivity contribution < 1.29 is 14.3 Å². The number of ether oxygens (including phenoxy) is 1. The Morgan fingerprint density at radius 3 is 2.67 bits per heavy atom. The Kier molecular flexibility index (Phi) is 5.88. The summed E-state index contributed by atoms with van der Waals surface area (Å²) in [5.74, 6) is 1.23. The van der Waals surface area contributed by atoms with Crippen LogP contribution in [0, 0.1) is 11.3 Å². The van der Waals surface area contributed by atoms with Crippen LogP contribution >= 0.6 is 0 Å². The van der Waals surface area contributed by atoms with Crippen LogP contribution in [0.1, 0.15) is 71.2 Å². The van der Waals surface area contributed by atoms with Gasteiger partial charge >= 0.3 is 0 Å². The minimum absolute atomic E-state index is 0.0146. The van der Waals surface area contributed by atoms with Gasteiger partial charge in [0.2, 0.25) is 11.8 Å². The van der Waals surface area contributed by atoms with Crippen molar-refractivity contribution in [3.63, 3.8) is 0 Å². The molecule has 0 saturated carbocycles. The fraction of sp³-hybridized carbons (Fsp3) is 0.818. The summed E-state index contributed by atoms with van der Waals surface area (Å²) in [6, 6.07) is 0.455. The maximum atomic E-state index is 13.8. The third kappa shape index (κ3) is 3.43. The summed E-state index contributed by atoms with van der Waals surface area (Å²) in [7, 11) is 1.86. The molecule has 8 nitrogen and oxygen atoms in total. The van der Waals surface area contributed by atoms with Gasteiger partial charge in [0.1, 0.15) is 6.33 Å². The third-order valence-electron chi connectivity index (χ3n) is 7.55. The fourth-order valence-corrected chi connectivity index (χ4v) is 5.91. The van der Waals surface area contributed by atoms with Gasteiger partial charge in [0, 0.05) is 44.3 Å². The summed E-state index contributed by atoms with van der Waals surface area (Å²) in [5.41, 5.74) is -0.485. The van der Waals surface area contributed by atoms with Gasteiger partial charge in [-0.1, -0.05) is 6.92 Å². The molecular weight excluding hydrogens is 382 g/mol. The molecule has 3 aliphatic rings. The summed E-state index contributed by atoms with van der Waals surface area (Å²) in [6.07, 6.45) is 6.79. The number of nitrogens with zero attached hydrogens (tertiary/aromatic N) is 5. The van der Waals surface area contributed by atoms with Crippen LogP contribution < -0.4 is 0 Å². The Labute approximate surface area is 178 Å². The number of carbonyl (C=O) groups is 2. The lowest BCUT2D eigenvalue weighted by molar-refractivity contribution is -0.146. The highest BCUT2D eigenvalue weighted by Crippen LogP contribution is 2.53. The molecule has 2 bridgehead atoms. The predicted molar refractivity (Wildman–Crippen MR) is 111 cm³/mol. The molecule has 8 heteroatoms. The van der Waals surface area contributed by atoms with Gasteiger partial charge in [0.15, 0.2) is 5.82 Å². The Morgan fingerprint density at radius 2 is 2.00 bits per heavy atom. The third-order valence-corrected chi connectivity index (χ3v) is 7.55. The molecule has 0 aromatic carbocycles. The first-order valence-corrected chi connectivity index (χ1v) is 11.4. The van der Waals surface area contributed by atoms with Crippen molar-refractivity contribution in [2.75, 3.05) is 20.3 Å². The zero-order valence-electron chi connectivity index (χ0n) is 18.7. The molecule has 4 heterocycles. The van der Waals surface area contributed by atoms with E-state index in [2.05, 4.69) is 35.9 Å². The van der Waals surface area contributed by atoms with Crippen molar-refractivity contribution in [2.45, 2.75) is 84.0 Å². The van der Waals surface area contributed by atoms with E-state index < -0.39 is 5.41 Å². The molecule has 1 aromatic rings. The molecule has 2 unspecified atom stereocenters. The topological polar surface area (TPSA) is 80.6 Å². The van der Waals surface area contributed by atoms with Gasteiger partial charge in [-0.25, -0.2) is 0 Å². The van der Waals surface area contributed by atoms with E-state index in [0.717, 1.165) is 44.3 Å². The molecular formula is C22H35N5O3. The van der Waals surface area contributed by atoms with E-state index in [1.807, 2.05) is 11.6 Å². The Bertz CT molecular complexity index is 787. The van der Waals surface area contributed by atoms with E-state index in [1.165, 1.54) is 0 Å². The molecule has 0 spiro atoms. The van der Waals surface area contributed by atoms with Crippen LogP contribution in [-0.4, -0.2) is 68.7 Å². The maximum absolute atomic E-state index is 13.8. The fourth-order valence-electron chi connectivity index (χ4n) is 5.91. The summed E-state index contributed by atoms with van der Waals surface area (Å²) >= 11 is 0. The quantitative estimate of drug-likeness (QED) is 0.710. The summed E-state index contributed by atoms with van der Waals surface area (Å²) in [6.45, 7) is 8.02. The second-order valence-electron chi connectivity index (χ2n) is 9.50. The normalized spacial score (nSPS) is 29.0. The molecule has 0 radical (unpaired) electrons. The van der Waals surface area contributed by atoms with Crippen molar-refractivity contribution in [3.05, 3.63) is 12.2 Å². The average molecular weight is 418 g/mol. The number of fused-ring (bicyclic) bond motifs is 2. The summed E-state index contributed by atoms with van der Waals surface area (Å²) in [5, 5.41) is 8.26. The van der Waals surface area contributed by atoms with E-state index >= 15 is 0 Å². The highest BCUT2D eigenvalue weighted by Gasteiger charge is 2.61. The first-order chi connectivity index (χ1) is 14.4. The number of rotatable bonds is 6. The molecule has 1 aromatic heterocycles. The van der Waals surface area contributed by atoms with E-state index in [4.69, 9.17) is 4.74 Å². The van der Waals surface area contributed by atoms with Crippen LogP contribution in [-0.2, 0) is 20.9 Å². The Hall–Kier alpha value is -1.96. The van der Waals surface area contributed by atoms with Crippen LogP contribution in [0.2, 0.25) is 0 Å². The van der Waals surface area contributed by atoms with Crippen molar-refractivity contribution in [2.24, 2.45) is 11.3 Å². The molecule has 3 saturated heterocycles. The molecule has 3 atom stereocenters. The van der Waals surface area contributed by atoms with E-state index in [-0.39, 0.29) is 35.9 Å². The zero-order valence-corrected chi connectivity index (χ0v) is 18.7. The number of aromatic nitrogens is 3. The van der Waals surface area contributed by atoms with Gasteiger partial charge in [0.05, 0.1) is 12.0 Å². The Balaban J connectivity index is 1.52. The zero-order chi connectivity index (χ0) is 21.5. The minimum atomic E-state index is -0.485. The number of amides is 2. The summed E-state index contributed by atoms with van der Waals surface area (Å²) in [4.78, 5) is 31.0. The molecule has 166 valence electrons. The van der Waals surface area contributed by atoms with Gasteiger partial charge in [-0.2, -0.15) is 0 Å². The van der Waals surface area contributed by atoms with Gasteiger partial charge in [0.25, 0.3) is 0 Å². The van der Waals surface area contributed by atoms with Crippen molar-refractivity contribution >= 4 is 11.8 Å². The lowest BCUT2D eigenvalue weighted by Gasteiger charge is -2.38. The van der Waals surface area contributed by atoms with Crippen LogP contribution in [0.4, 0.5) is 0 Å². The minimum Gasteiger partial charge on any atom is -0.381 e. The first-order valence-electron chi connectivity index (χ1n) is 11.4. The van der Waals surface area contributed by atoms with Gasteiger partial charge in [-0.3, -0.25) is 9.59 Å². The Morgan fingerprint density at radius 1 is 1.27 bits per heavy atom. The molecule has 2 amide bonds. The molecule has 4 rings (SSSR count). The van der Waals surface area contributed by atoms with Gasteiger partial charge in [-0.05, 0) is 52.4 Å². The SMILES string of the molecule is CC[C@]1(C(=O)N(C)Cc2nncn2C(C)C)CC2CCC1N2C(=O)C1CCOCC1. The van der Waals surface area contributed by atoms with Crippen molar-refractivity contribution in [1.82, 2.24) is 24.6 Å². The molecule has 3 fully saturated rings. The standard InChI is InChI=1S/C22H35N5O3/c1-5-22(21(29)25(4)13-19-24-23-14-26(19)15(2)3)12-17-6-7-18(22)27(17)20(28)16-8-10-30-11-9-16/h14-18H,5-13H2,1-4H3/t17?,18?,22-/m0/s1. The van der Waals surface area contributed by atoms with E-state index in [0.29, 0.717) is 19.8 Å². The van der Waals surface area contributed by atoms with Gasteiger partial charge in [-0.15, -0.1) is 10.2 Å². The van der Waals surface area contributed by atoms with Crippen LogP contribution in [0.5, 0.6) is 0 Å². The monoisotopic (exact) mass is 417 g/mol. The van der Waals surface area contributed by atoms with Gasteiger partial charge < -0.3 is 19.1 Å². The molecule has 0 N–H and O–H groups in total. The van der Waals surface area contributed by atoms with Crippen LogP contribution in [0.15, 0.2) is 6.33 Å². The lowest BCUT2D eigenvalue weighted by Crippen LogP contribution is -2.51. The second kappa shape index (κ2) is 8.29. The molecule has 3 aliphatic heterocycles.